The van der Waals surface area contributed by atoms with Crippen LogP contribution in [0.3, 0.4) is 0 Å². The Labute approximate surface area is 140 Å². The zero-order valence-electron chi connectivity index (χ0n) is 13.8. The summed E-state index contributed by atoms with van der Waals surface area (Å²) in [7, 11) is 3.50. The van der Waals surface area contributed by atoms with Crippen molar-refractivity contribution in [3.05, 3.63) is 71.7 Å². The number of furan rings is 1. The monoisotopic (exact) mass is 325 g/mol. The molecule has 0 bridgehead atoms. The second kappa shape index (κ2) is 6.62. The smallest absolute Gasteiger partial charge is 0.287 e. The first-order valence-electron chi connectivity index (χ1n) is 7.57. The van der Waals surface area contributed by atoms with Gasteiger partial charge < -0.3 is 19.0 Å². The van der Waals surface area contributed by atoms with Crippen molar-refractivity contribution in [3.63, 3.8) is 0 Å². The van der Waals surface area contributed by atoms with E-state index in [1.54, 1.807) is 32.4 Å². The van der Waals surface area contributed by atoms with Crippen LogP contribution in [-0.2, 0) is 7.05 Å². The minimum atomic E-state index is -0.419. The van der Waals surface area contributed by atoms with Crippen molar-refractivity contribution in [3.8, 4) is 5.75 Å². The molecule has 3 rings (SSSR count). The summed E-state index contributed by atoms with van der Waals surface area (Å²) in [5.41, 5.74) is 0.875. The Morgan fingerprint density at radius 2 is 2.17 bits per heavy atom. The van der Waals surface area contributed by atoms with E-state index < -0.39 is 6.04 Å². The van der Waals surface area contributed by atoms with Gasteiger partial charge >= 0.3 is 0 Å². The first-order valence-corrected chi connectivity index (χ1v) is 7.57. The van der Waals surface area contributed by atoms with E-state index in [-0.39, 0.29) is 11.7 Å². The maximum absolute atomic E-state index is 12.5. The van der Waals surface area contributed by atoms with Crippen molar-refractivity contribution in [2.24, 2.45) is 7.05 Å². The highest BCUT2D eigenvalue weighted by Gasteiger charge is 2.23. The Bertz CT molecular complexity index is 851. The Hall–Kier alpha value is -3.02. The lowest BCUT2D eigenvalue weighted by Crippen LogP contribution is -2.30. The molecule has 0 spiro atoms. The molecule has 1 amide bonds. The maximum Gasteiger partial charge on any atom is 0.287 e. The average molecular weight is 325 g/mol. The standard InChI is InChI=1S/C18H19N3O3/c1-12-7-8-15(24-12)18(22)20-16(17-19-9-10-21(17)2)13-5-4-6-14(11-13)23-3/h4-11,16H,1-3H3,(H,20,22). The number of hydrogen-bond donors (Lipinski definition) is 1. The molecule has 0 aliphatic heterocycles. The topological polar surface area (TPSA) is 69.3 Å². The summed E-state index contributed by atoms with van der Waals surface area (Å²) in [4.78, 5) is 16.9. The molecule has 2 aromatic heterocycles. The summed E-state index contributed by atoms with van der Waals surface area (Å²) < 4.78 is 12.6. The quantitative estimate of drug-likeness (QED) is 0.783. The number of imidazole rings is 1. The maximum atomic E-state index is 12.5. The molecule has 0 saturated heterocycles. The van der Waals surface area contributed by atoms with Crippen LogP contribution in [0, 0.1) is 6.92 Å². The number of aryl methyl sites for hydroxylation is 2. The molecule has 3 aromatic rings. The molecule has 0 saturated carbocycles. The molecule has 0 fully saturated rings. The second-order valence-electron chi connectivity index (χ2n) is 5.49. The number of rotatable bonds is 5. The number of amides is 1. The summed E-state index contributed by atoms with van der Waals surface area (Å²) in [6.45, 7) is 1.80. The molecule has 0 aliphatic carbocycles. The van der Waals surface area contributed by atoms with E-state index in [1.165, 1.54) is 0 Å². The molecule has 6 nitrogen and oxygen atoms in total. The second-order valence-corrected chi connectivity index (χ2v) is 5.49. The predicted octanol–water partition coefficient (Wildman–Crippen LogP) is 2.85. The largest absolute Gasteiger partial charge is 0.497 e. The molecule has 1 unspecified atom stereocenters. The first kappa shape index (κ1) is 15.9. The Morgan fingerprint density at radius 3 is 2.79 bits per heavy atom. The molecule has 6 heteroatoms. The van der Waals surface area contributed by atoms with E-state index in [1.807, 2.05) is 42.1 Å². The van der Waals surface area contributed by atoms with Crippen molar-refractivity contribution >= 4 is 5.91 Å². The van der Waals surface area contributed by atoms with Crippen LogP contribution < -0.4 is 10.1 Å². The number of hydrogen-bond acceptors (Lipinski definition) is 4. The number of nitrogens with zero attached hydrogens (tertiary/aromatic N) is 2. The molecule has 1 N–H and O–H groups in total. The fourth-order valence-electron chi connectivity index (χ4n) is 2.53. The Morgan fingerprint density at radius 1 is 1.33 bits per heavy atom. The summed E-state index contributed by atoms with van der Waals surface area (Å²) in [6, 6.07) is 10.5. The molecule has 0 aliphatic rings. The lowest BCUT2D eigenvalue weighted by molar-refractivity contribution is 0.0912. The van der Waals surface area contributed by atoms with E-state index in [0.717, 1.165) is 17.1 Å². The number of carbonyl (C=O) groups is 1. The highest BCUT2D eigenvalue weighted by molar-refractivity contribution is 5.92. The van der Waals surface area contributed by atoms with Gasteiger partial charge in [0.05, 0.1) is 7.11 Å². The number of carbonyl (C=O) groups excluding carboxylic acids is 1. The number of nitrogens with one attached hydrogen (secondary N) is 1. The van der Waals surface area contributed by atoms with Gasteiger partial charge in [0.2, 0.25) is 0 Å². The molecule has 1 aromatic carbocycles. The van der Waals surface area contributed by atoms with Gasteiger partial charge in [0.25, 0.3) is 5.91 Å². The van der Waals surface area contributed by atoms with Crippen LogP contribution in [0.25, 0.3) is 0 Å². The third kappa shape index (κ3) is 3.17. The van der Waals surface area contributed by atoms with Crippen LogP contribution in [0.5, 0.6) is 5.75 Å². The SMILES string of the molecule is COc1cccc(C(NC(=O)c2ccc(C)o2)c2nccn2C)c1. The highest BCUT2D eigenvalue weighted by atomic mass is 16.5. The Balaban J connectivity index is 1.96. The summed E-state index contributed by atoms with van der Waals surface area (Å²) in [5.74, 6) is 2.11. The third-order valence-corrected chi connectivity index (χ3v) is 3.78. The molecule has 124 valence electrons. The van der Waals surface area contributed by atoms with Crippen LogP contribution >= 0.6 is 0 Å². The summed E-state index contributed by atoms with van der Waals surface area (Å²) >= 11 is 0. The van der Waals surface area contributed by atoms with Gasteiger partial charge in [0.15, 0.2) is 5.76 Å². The lowest BCUT2D eigenvalue weighted by Gasteiger charge is -2.19. The molecule has 2 heterocycles. The van der Waals surface area contributed by atoms with Crippen molar-refractivity contribution in [1.82, 2.24) is 14.9 Å². The summed E-state index contributed by atoms with van der Waals surface area (Å²) in [5, 5.41) is 2.99. The van der Waals surface area contributed by atoms with Gasteiger partial charge in [-0.15, -0.1) is 0 Å². The third-order valence-electron chi connectivity index (χ3n) is 3.78. The zero-order valence-corrected chi connectivity index (χ0v) is 13.8. The predicted molar refractivity (Wildman–Crippen MR) is 89.0 cm³/mol. The van der Waals surface area contributed by atoms with Crippen LogP contribution in [-0.4, -0.2) is 22.6 Å². The number of benzene rings is 1. The van der Waals surface area contributed by atoms with Crippen molar-refractivity contribution < 1.29 is 13.9 Å². The van der Waals surface area contributed by atoms with Gasteiger partial charge in [0, 0.05) is 19.4 Å². The van der Waals surface area contributed by atoms with Gasteiger partial charge in [-0.25, -0.2) is 4.98 Å². The van der Waals surface area contributed by atoms with E-state index >= 15 is 0 Å². The van der Waals surface area contributed by atoms with Crippen molar-refractivity contribution in [2.75, 3.05) is 7.11 Å². The summed E-state index contributed by atoms with van der Waals surface area (Å²) in [6.07, 6.45) is 3.54. The minimum absolute atomic E-state index is 0.273. The normalized spacial score (nSPS) is 12.0. The zero-order chi connectivity index (χ0) is 17.1. The van der Waals surface area contributed by atoms with E-state index in [0.29, 0.717) is 5.76 Å². The van der Waals surface area contributed by atoms with Gasteiger partial charge in [-0.05, 0) is 36.8 Å². The van der Waals surface area contributed by atoms with Crippen molar-refractivity contribution in [1.29, 1.82) is 0 Å². The fourth-order valence-corrected chi connectivity index (χ4v) is 2.53. The molecular weight excluding hydrogens is 306 g/mol. The molecule has 24 heavy (non-hydrogen) atoms. The highest BCUT2D eigenvalue weighted by Crippen LogP contribution is 2.24. The van der Waals surface area contributed by atoms with E-state index in [9.17, 15) is 4.79 Å². The van der Waals surface area contributed by atoms with Crippen LogP contribution in [0.1, 0.15) is 33.7 Å². The average Bonchev–Trinajstić information content (AvgIpc) is 3.21. The van der Waals surface area contributed by atoms with Gasteiger partial charge in [-0.1, -0.05) is 12.1 Å². The lowest BCUT2D eigenvalue weighted by atomic mass is 10.1. The number of methoxy groups -OCH3 is 1. The van der Waals surface area contributed by atoms with E-state index in [2.05, 4.69) is 10.3 Å². The molecule has 0 radical (unpaired) electrons. The number of ether oxygens (including phenoxy) is 1. The van der Waals surface area contributed by atoms with Crippen LogP contribution in [0.15, 0.2) is 53.2 Å². The van der Waals surface area contributed by atoms with Crippen LogP contribution in [0.2, 0.25) is 0 Å². The fraction of sp³-hybridized carbons (Fsp3) is 0.222. The van der Waals surface area contributed by atoms with Gasteiger partial charge in [0.1, 0.15) is 23.4 Å². The van der Waals surface area contributed by atoms with Gasteiger partial charge in [-0.3, -0.25) is 4.79 Å². The van der Waals surface area contributed by atoms with E-state index in [4.69, 9.17) is 9.15 Å². The first-order chi connectivity index (χ1) is 11.6. The van der Waals surface area contributed by atoms with Crippen molar-refractivity contribution in [2.45, 2.75) is 13.0 Å². The minimum Gasteiger partial charge on any atom is -0.497 e. The molecule has 1 atom stereocenters. The van der Waals surface area contributed by atoms with Crippen LogP contribution in [0.4, 0.5) is 0 Å². The number of aromatic nitrogens is 2. The molecular formula is C18H19N3O3. The van der Waals surface area contributed by atoms with Gasteiger partial charge in [-0.2, -0.15) is 0 Å². The Kier molecular flexibility index (Phi) is 4.37.